The van der Waals surface area contributed by atoms with Crippen molar-refractivity contribution in [1.29, 1.82) is 0 Å². The van der Waals surface area contributed by atoms with Gasteiger partial charge in [-0.05, 0) is 49.4 Å². The second kappa shape index (κ2) is 6.71. The first kappa shape index (κ1) is 14.1. The number of fused-ring (bicyclic) bond motifs is 1. The van der Waals surface area contributed by atoms with Crippen LogP contribution in [0.4, 0.5) is 0 Å². The number of benzene rings is 1. The van der Waals surface area contributed by atoms with E-state index in [4.69, 9.17) is 0 Å². The van der Waals surface area contributed by atoms with Crippen LogP contribution in [0.25, 0.3) is 0 Å². The number of amides is 1. The van der Waals surface area contributed by atoms with Gasteiger partial charge in [-0.25, -0.2) is 0 Å². The van der Waals surface area contributed by atoms with E-state index in [1.54, 1.807) is 0 Å². The number of nitrogens with one attached hydrogen (secondary N) is 1. The zero-order chi connectivity index (χ0) is 13.7. The Balaban J connectivity index is 1.97. The van der Waals surface area contributed by atoms with Gasteiger partial charge in [-0.1, -0.05) is 18.2 Å². The standard InChI is InChI=1S/C16H24N2O/c1-17-10-9-16(19)18(2)12-13-7-8-14-5-3-4-6-15(14)11-13/h7-8,11,17H,3-6,9-10,12H2,1-2H3. The Morgan fingerprint density at radius 3 is 2.74 bits per heavy atom. The fraction of sp³-hybridized carbons (Fsp3) is 0.562. The average Bonchev–Trinajstić information content (AvgIpc) is 2.44. The molecule has 19 heavy (non-hydrogen) atoms. The van der Waals surface area contributed by atoms with E-state index in [9.17, 15) is 4.79 Å². The van der Waals surface area contributed by atoms with Gasteiger partial charge in [0.25, 0.3) is 0 Å². The Morgan fingerprint density at radius 2 is 2.00 bits per heavy atom. The fourth-order valence-electron chi connectivity index (χ4n) is 2.67. The lowest BCUT2D eigenvalue weighted by atomic mass is 9.90. The average molecular weight is 260 g/mol. The van der Waals surface area contributed by atoms with Crippen LogP contribution in [0.5, 0.6) is 0 Å². The molecule has 0 atom stereocenters. The minimum atomic E-state index is 0.201. The summed E-state index contributed by atoms with van der Waals surface area (Å²) in [5.74, 6) is 0.201. The third kappa shape index (κ3) is 3.80. The van der Waals surface area contributed by atoms with E-state index in [-0.39, 0.29) is 5.91 Å². The highest BCUT2D eigenvalue weighted by Crippen LogP contribution is 2.22. The minimum absolute atomic E-state index is 0.201. The first-order valence-electron chi connectivity index (χ1n) is 7.20. The molecule has 1 aliphatic rings. The molecule has 3 nitrogen and oxygen atoms in total. The van der Waals surface area contributed by atoms with Gasteiger partial charge in [0.05, 0.1) is 0 Å². The maximum absolute atomic E-state index is 11.9. The lowest BCUT2D eigenvalue weighted by molar-refractivity contribution is -0.130. The van der Waals surface area contributed by atoms with Crippen LogP contribution in [-0.4, -0.2) is 31.4 Å². The van der Waals surface area contributed by atoms with Crippen molar-refractivity contribution in [2.75, 3.05) is 20.6 Å². The number of nitrogens with zero attached hydrogens (tertiary/aromatic N) is 1. The van der Waals surface area contributed by atoms with Crippen LogP contribution < -0.4 is 5.32 Å². The molecule has 3 heteroatoms. The van der Waals surface area contributed by atoms with Crippen molar-refractivity contribution in [3.8, 4) is 0 Å². The molecule has 0 aromatic heterocycles. The first-order valence-corrected chi connectivity index (χ1v) is 7.20. The highest BCUT2D eigenvalue weighted by atomic mass is 16.2. The third-order valence-corrected chi connectivity index (χ3v) is 3.85. The first-order chi connectivity index (χ1) is 9.20. The van der Waals surface area contributed by atoms with Crippen molar-refractivity contribution in [3.63, 3.8) is 0 Å². The van der Waals surface area contributed by atoms with E-state index in [1.807, 2.05) is 19.0 Å². The molecular weight excluding hydrogens is 236 g/mol. The van der Waals surface area contributed by atoms with Crippen LogP contribution in [0.3, 0.4) is 0 Å². The molecule has 0 unspecified atom stereocenters. The van der Waals surface area contributed by atoms with Gasteiger partial charge >= 0.3 is 0 Å². The highest BCUT2D eigenvalue weighted by Gasteiger charge is 2.12. The van der Waals surface area contributed by atoms with E-state index >= 15 is 0 Å². The quantitative estimate of drug-likeness (QED) is 0.879. The normalized spacial score (nSPS) is 14.0. The molecule has 1 N–H and O–H groups in total. The van der Waals surface area contributed by atoms with Gasteiger partial charge in [0.15, 0.2) is 0 Å². The van der Waals surface area contributed by atoms with E-state index in [1.165, 1.54) is 42.4 Å². The maximum atomic E-state index is 11.9. The summed E-state index contributed by atoms with van der Waals surface area (Å²) in [5.41, 5.74) is 4.24. The molecule has 0 aliphatic heterocycles. The molecule has 1 amide bonds. The topological polar surface area (TPSA) is 32.3 Å². The number of carbonyl (C=O) groups excluding carboxylic acids is 1. The van der Waals surface area contributed by atoms with E-state index in [0.717, 1.165) is 13.1 Å². The van der Waals surface area contributed by atoms with E-state index < -0.39 is 0 Å². The summed E-state index contributed by atoms with van der Waals surface area (Å²) >= 11 is 0. The number of aryl methyl sites for hydroxylation is 2. The van der Waals surface area contributed by atoms with Crippen molar-refractivity contribution in [2.45, 2.75) is 38.6 Å². The molecule has 0 spiro atoms. The summed E-state index contributed by atoms with van der Waals surface area (Å²) < 4.78 is 0. The molecule has 1 aromatic rings. The Labute approximate surface area is 116 Å². The van der Waals surface area contributed by atoms with Crippen LogP contribution in [0.15, 0.2) is 18.2 Å². The van der Waals surface area contributed by atoms with Gasteiger partial charge in [0.2, 0.25) is 5.91 Å². The van der Waals surface area contributed by atoms with Crippen LogP contribution >= 0.6 is 0 Å². The lowest BCUT2D eigenvalue weighted by Gasteiger charge is -2.20. The molecule has 0 saturated carbocycles. The van der Waals surface area contributed by atoms with Gasteiger partial charge in [-0.15, -0.1) is 0 Å². The smallest absolute Gasteiger partial charge is 0.223 e. The van der Waals surface area contributed by atoms with Crippen molar-refractivity contribution >= 4 is 5.91 Å². The lowest BCUT2D eigenvalue weighted by Crippen LogP contribution is -2.28. The number of hydrogen-bond acceptors (Lipinski definition) is 2. The van der Waals surface area contributed by atoms with Gasteiger partial charge in [-0.2, -0.15) is 0 Å². The van der Waals surface area contributed by atoms with Crippen LogP contribution in [0, 0.1) is 0 Å². The van der Waals surface area contributed by atoms with Crippen LogP contribution in [-0.2, 0) is 24.2 Å². The maximum Gasteiger partial charge on any atom is 0.223 e. The van der Waals surface area contributed by atoms with Crippen molar-refractivity contribution in [3.05, 3.63) is 34.9 Å². The van der Waals surface area contributed by atoms with Crippen molar-refractivity contribution in [1.82, 2.24) is 10.2 Å². The molecule has 0 heterocycles. The molecular formula is C16H24N2O. The Hall–Kier alpha value is -1.35. The highest BCUT2D eigenvalue weighted by molar-refractivity contribution is 5.76. The second-order valence-corrected chi connectivity index (χ2v) is 5.41. The summed E-state index contributed by atoms with van der Waals surface area (Å²) in [6.45, 7) is 1.46. The SMILES string of the molecule is CNCCC(=O)N(C)Cc1ccc2c(c1)CCCC2. The molecule has 0 saturated heterocycles. The van der Waals surface area contributed by atoms with Crippen molar-refractivity contribution < 1.29 is 4.79 Å². The van der Waals surface area contributed by atoms with Crippen LogP contribution in [0.1, 0.15) is 36.0 Å². The number of hydrogen-bond donors (Lipinski definition) is 1. The summed E-state index contributed by atoms with van der Waals surface area (Å²) in [7, 11) is 3.76. The Bertz CT molecular complexity index is 442. The minimum Gasteiger partial charge on any atom is -0.341 e. The summed E-state index contributed by atoms with van der Waals surface area (Å²) in [6.07, 6.45) is 5.59. The molecule has 2 rings (SSSR count). The summed E-state index contributed by atoms with van der Waals surface area (Å²) in [5, 5.41) is 3.01. The van der Waals surface area contributed by atoms with E-state index in [0.29, 0.717) is 6.42 Å². The molecule has 0 radical (unpaired) electrons. The monoisotopic (exact) mass is 260 g/mol. The number of rotatable bonds is 5. The van der Waals surface area contributed by atoms with Gasteiger partial charge in [-0.3, -0.25) is 4.79 Å². The largest absolute Gasteiger partial charge is 0.341 e. The predicted octanol–water partition coefficient (Wildman–Crippen LogP) is 2.13. The molecule has 1 aromatic carbocycles. The molecule has 0 bridgehead atoms. The van der Waals surface area contributed by atoms with Gasteiger partial charge in [0.1, 0.15) is 0 Å². The fourth-order valence-corrected chi connectivity index (χ4v) is 2.67. The van der Waals surface area contributed by atoms with Gasteiger partial charge < -0.3 is 10.2 Å². The summed E-state index contributed by atoms with van der Waals surface area (Å²) in [4.78, 5) is 13.7. The van der Waals surface area contributed by atoms with Crippen LogP contribution in [0.2, 0.25) is 0 Å². The van der Waals surface area contributed by atoms with Crippen molar-refractivity contribution in [2.24, 2.45) is 0 Å². The van der Waals surface area contributed by atoms with E-state index in [2.05, 4.69) is 23.5 Å². The zero-order valence-electron chi connectivity index (χ0n) is 12.0. The zero-order valence-corrected chi connectivity index (χ0v) is 12.0. The Kier molecular flexibility index (Phi) is 4.97. The van der Waals surface area contributed by atoms with Gasteiger partial charge in [0, 0.05) is 26.6 Å². The Morgan fingerprint density at radius 1 is 1.26 bits per heavy atom. The molecule has 104 valence electrons. The third-order valence-electron chi connectivity index (χ3n) is 3.85. The predicted molar refractivity (Wildman–Crippen MR) is 78.1 cm³/mol. The molecule has 0 fully saturated rings. The molecule has 1 aliphatic carbocycles. The second-order valence-electron chi connectivity index (χ2n) is 5.41. The summed E-state index contributed by atoms with van der Waals surface area (Å²) in [6, 6.07) is 6.71. The number of carbonyl (C=O) groups is 1.